The van der Waals surface area contributed by atoms with E-state index in [1.54, 1.807) is 0 Å². The monoisotopic (exact) mass is 400 g/mol. The van der Waals surface area contributed by atoms with Crippen molar-refractivity contribution in [3.63, 3.8) is 0 Å². The molecule has 0 unspecified atom stereocenters. The van der Waals surface area contributed by atoms with Gasteiger partial charge in [0.1, 0.15) is 4.90 Å². The van der Waals surface area contributed by atoms with Crippen LogP contribution < -0.4 is 10.5 Å². The Morgan fingerprint density at radius 3 is 2.62 bits per heavy atom. The van der Waals surface area contributed by atoms with Crippen molar-refractivity contribution in [2.45, 2.75) is 38.0 Å². The van der Waals surface area contributed by atoms with Gasteiger partial charge in [0.25, 0.3) is 0 Å². The fourth-order valence-electron chi connectivity index (χ4n) is 1.76. The van der Waals surface area contributed by atoms with E-state index in [9.17, 15) is 12.8 Å². The Kier molecular flexibility index (Phi) is 6.90. The van der Waals surface area contributed by atoms with Gasteiger partial charge in [0, 0.05) is 6.54 Å². The second-order valence-corrected chi connectivity index (χ2v) is 8.12. The second-order valence-electron chi connectivity index (χ2n) is 5.19. The topological polar surface area (TPSA) is 72.2 Å². The lowest BCUT2D eigenvalue weighted by molar-refractivity contribution is 0.527. The molecule has 1 aromatic rings. The second kappa shape index (κ2) is 7.76. The number of rotatable bonds is 7. The molecule has 3 N–H and O–H groups in total. The van der Waals surface area contributed by atoms with E-state index in [2.05, 4.69) is 34.5 Å². The summed E-state index contributed by atoms with van der Waals surface area (Å²) >= 11 is 8.84. The Morgan fingerprint density at radius 2 is 2.05 bits per heavy atom. The molecule has 0 amide bonds. The van der Waals surface area contributed by atoms with Gasteiger partial charge in [-0.3, -0.25) is 0 Å². The van der Waals surface area contributed by atoms with Crippen molar-refractivity contribution in [3.05, 3.63) is 21.4 Å². The highest BCUT2D eigenvalue weighted by molar-refractivity contribution is 9.10. The molecule has 1 aromatic carbocycles. The standard InChI is InChI=1S/C13H19BrClFN2O2S/c1-8(2)5-3-4-6-18-21(19,20)10-7-9(15)11(14)13(17)12(10)16/h7-8,18H,3-6,17H2,1-2H3. The summed E-state index contributed by atoms with van der Waals surface area (Å²) in [6, 6.07) is 1.05. The van der Waals surface area contributed by atoms with Gasteiger partial charge in [-0.25, -0.2) is 17.5 Å². The van der Waals surface area contributed by atoms with E-state index in [4.69, 9.17) is 17.3 Å². The largest absolute Gasteiger partial charge is 0.395 e. The van der Waals surface area contributed by atoms with Crippen LogP contribution in [0, 0.1) is 11.7 Å². The smallest absolute Gasteiger partial charge is 0.243 e. The average Bonchev–Trinajstić information content (AvgIpc) is 2.39. The third kappa shape index (κ3) is 5.09. The molecule has 0 aliphatic heterocycles. The van der Waals surface area contributed by atoms with Crippen LogP contribution in [0.2, 0.25) is 5.02 Å². The summed E-state index contributed by atoms with van der Waals surface area (Å²) in [5.41, 5.74) is 5.17. The van der Waals surface area contributed by atoms with E-state index in [0.717, 1.165) is 18.9 Å². The zero-order chi connectivity index (χ0) is 16.2. The Hall–Kier alpha value is -0.370. The lowest BCUT2D eigenvalue weighted by Gasteiger charge is -2.11. The first-order valence-corrected chi connectivity index (χ1v) is 9.25. The molecule has 0 spiro atoms. The first-order valence-electron chi connectivity index (χ1n) is 6.59. The van der Waals surface area contributed by atoms with E-state index in [1.165, 1.54) is 0 Å². The van der Waals surface area contributed by atoms with Gasteiger partial charge in [0.15, 0.2) is 5.82 Å². The van der Waals surface area contributed by atoms with E-state index in [0.29, 0.717) is 12.3 Å². The summed E-state index contributed by atoms with van der Waals surface area (Å²) in [5.74, 6) is -0.426. The van der Waals surface area contributed by atoms with Crippen LogP contribution in [0.5, 0.6) is 0 Å². The van der Waals surface area contributed by atoms with Crippen molar-refractivity contribution in [1.82, 2.24) is 4.72 Å². The van der Waals surface area contributed by atoms with Gasteiger partial charge in [0.2, 0.25) is 10.0 Å². The molecular formula is C13H19BrClFN2O2S. The predicted octanol–water partition coefficient (Wildman–Crippen LogP) is 3.93. The highest BCUT2D eigenvalue weighted by Gasteiger charge is 2.23. The molecule has 8 heteroatoms. The normalized spacial score (nSPS) is 12.1. The lowest BCUT2D eigenvalue weighted by Crippen LogP contribution is -2.26. The quantitative estimate of drug-likeness (QED) is 0.413. The van der Waals surface area contributed by atoms with Gasteiger partial charge < -0.3 is 5.73 Å². The Morgan fingerprint density at radius 1 is 1.43 bits per heavy atom. The number of unbranched alkanes of at least 4 members (excludes halogenated alkanes) is 1. The maximum atomic E-state index is 14.0. The highest BCUT2D eigenvalue weighted by Crippen LogP contribution is 2.34. The van der Waals surface area contributed by atoms with E-state index < -0.39 is 20.7 Å². The third-order valence-electron chi connectivity index (χ3n) is 2.95. The molecule has 120 valence electrons. The molecule has 0 bridgehead atoms. The molecule has 0 aromatic heterocycles. The molecule has 0 radical (unpaired) electrons. The van der Waals surface area contributed by atoms with Crippen molar-refractivity contribution in [2.75, 3.05) is 12.3 Å². The molecule has 1 rings (SSSR count). The van der Waals surface area contributed by atoms with Crippen molar-refractivity contribution in [3.8, 4) is 0 Å². The van der Waals surface area contributed by atoms with Crippen LogP contribution >= 0.6 is 27.5 Å². The summed E-state index contributed by atoms with van der Waals surface area (Å²) in [4.78, 5) is -0.531. The Bertz CT molecular complexity index is 609. The van der Waals surface area contributed by atoms with Crippen LogP contribution in [-0.2, 0) is 10.0 Å². The maximum Gasteiger partial charge on any atom is 0.243 e. The fourth-order valence-corrected chi connectivity index (χ4v) is 3.51. The highest BCUT2D eigenvalue weighted by atomic mass is 79.9. The van der Waals surface area contributed by atoms with Crippen LogP contribution in [-0.4, -0.2) is 15.0 Å². The molecule has 0 atom stereocenters. The van der Waals surface area contributed by atoms with Crippen molar-refractivity contribution in [1.29, 1.82) is 0 Å². The van der Waals surface area contributed by atoms with Gasteiger partial charge in [-0.2, -0.15) is 0 Å². The van der Waals surface area contributed by atoms with Gasteiger partial charge in [-0.05, 0) is 34.3 Å². The number of anilines is 1. The minimum atomic E-state index is -3.96. The number of hydrogen-bond acceptors (Lipinski definition) is 3. The van der Waals surface area contributed by atoms with Gasteiger partial charge in [-0.15, -0.1) is 0 Å². The molecule has 0 fully saturated rings. The number of nitrogen functional groups attached to an aromatic ring is 1. The molecule has 0 saturated heterocycles. The summed E-state index contributed by atoms with van der Waals surface area (Å²) in [6.07, 6.45) is 2.62. The molecule has 4 nitrogen and oxygen atoms in total. The molecule has 0 aliphatic carbocycles. The van der Waals surface area contributed by atoms with Crippen molar-refractivity contribution in [2.24, 2.45) is 5.92 Å². The van der Waals surface area contributed by atoms with Crippen LogP contribution in [0.15, 0.2) is 15.4 Å². The zero-order valence-electron chi connectivity index (χ0n) is 11.9. The molecule has 0 saturated carbocycles. The molecule has 21 heavy (non-hydrogen) atoms. The van der Waals surface area contributed by atoms with Crippen LogP contribution in [0.3, 0.4) is 0 Å². The lowest BCUT2D eigenvalue weighted by atomic mass is 10.1. The molecule has 0 aliphatic rings. The first kappa shape index (κ1) is 18.7. The Labute approximate surface area is 138 Å². The van der Waals surface area contributed by atoms with Crippen molar-refractivity contribution < 1.29 is 12.8 Å². The molecular weight excluding hydrogens is 383 g/mol. The summed E-state index contributed by atoms with van der Waals surface area (Å²) in [6.45, 7) is 4.46. The number of hydrogen-bond donors (Lipinski definition) is 2. The molecule has 0 heterocycles. The summed E-state index contributed by atoms with van der Waals surface area (Å²) in [5, 5.41) is 0.0501. The van der Waals surface area contributed by atoms with Crippen molar-refractivity contribution >= 4 is 43.2 Å². The SMILES string of the molecule is CC(C)CCCCNS(=O)(=O)c1cc(Cl)c(Br)c(N)c1F. The minimum absolute atomic E-state index is 0.0501. The van der Waals surface area contributed by atoms with E-state index in [1.807, 2.05) is 0 Å². The van der Waals surface area contributed by atoms with E-state index >= 15 is 0 Å². The maximum absolute atomic E-state index is 14.0. The average molecular weight is 402 g/mol. The number of benzene rings is 1. The first-order chi connectivity index (χ1) is 9.66. The summed E-state index contributed by atoms with van der Waals surface area (Å²) < 4.78 is 40.7. The number of nitrogens with one attached hydrogen (secondary N) is 1. The predicted molar refractivity (Wildman–Crippen MR) is 87.4 cm³/mol. The van der Waals surface area contributed by atoms with Gasteiger partial charge >= 0.3 is 0 Å². The number of sulfonamides is 1. The minimum Gasteiger partial charge on any atom is -0.395 e. The third-order valence-corrected chi connectivity index (χ3v) is 5.79. The van der Waals surface area contributed by atoms with Gasteiger partial charge in [0.05, 0.1) is 15.2 Å². The fraction of sp³-hybridized carbons (Fsp3) is 0.538. The van der Waals surface area contributed by atoms with Crippen LogP contribution in [0.1, 0.15) is 33.1 Å². The van der Waals surface area contributed by atoms with Crippen LogP contribution in [0.25, 0.3) is 0 Å². The Balaban J connectivity index is 2.80. The zero-order valence-corrected chi connectivity index (χ0v) is 15.1. The van der Waals surface area contributed by atoms with Gasteiger partial charge in [-0.1, -0.05) is 38.3 Å². The number of halogens is 3. The van der Waals surface area contributed by atoms with E-state index in [-0.39, 0.29) is 21.7 Å². The number of nitrogens with two attached hydrogens (primary N) is 1. The summed E-state index contributed by atoms with van der Waals surface area (Å²) in [7, 11) is -3.96. The van der Waals surface area contributed by atoms with Crippen LogP contribution in [0.4, 0.5) is 10.1 Å².